The van der Waals surface area contributed by atoms with E-state index in [1.807, 2.05) is 43.3 Å². The van der Waals surface area contributed by atoms with Gasteiger partial charge in [0.05, 0.1) is 0 Å². The molecule has 0 radical (unpaired) electrons. The van der Waals surface area contributed by atoms with E-state index in [9.17, 15) is 10.2 Å². The van der Waals surface area contributed by atoms with Crippen molar-refractivity contribution in [3.8, 4) is 34.1 Å². The van der Waals surface area contributed by atoms with Gasteiger partial charge in [-0.25, -0.2) is 0 Å². The molecule has 0 saturated carbocycles. The van der Waals surface area contributed by atoms with Gasteiger partial charge in [-0.3, -0.25) is 0 Å². The van der Waals surface area contributed by atoms with Crippen LogP contribution in [-0.4, -0.2) is 10.2 Å². The van der Waals surface area contributed by atoms with Crippen molar-refractivity contribution in [3.63, 3.8) is 0 Å². The molecular formula is C38H44O3. The Morgan fingerprint density at radius 3 is 1.90 bits per heavy atom. The Morgan fingerprint density at radius 1 is 0.732 bits per heavy atom. The quantitative estimate of drug-likeness (QED) is 0.230. The van der Waals surface area contributed by atoms with Crippen LogP contribution in [0.3, 0.4) is 0 Å². The summed E-state index contributed by atoms with van der Waals surface area (Å²) in [6.07, 6.45) is 5.05. The maximum absolute atomic E-state index is 11.0. The van der Waals surface area contributed by atoms with Crippen LogP contribution < -0.4 is 4.74 Å². The summed E-state index contributed by atoms with van der Waals surface area (Å²) < 4.78 is 6.08. The van der Waals surface area contributed by atoms with E-state index in [-0.39, 0.29) is 17.1 Å². The SMILES string of the molecule is Cc1ccc(O)c(C)c1-c1c(/C=C/Cc2ccc(Oc3ccc(C(C)(C)C)cc3)cc2)ccc(O)c1C(C)C(C)C. The van der Waals surface area contributed by atoms with Crippen LogP contribution in [0.2, 0.25) is 0 Å². The molecular weight excluding hydrogens is 504 g/mol. The summed E-state index contributed by atoms with van der Waals surface area (Å²) in [6, 6.07) is 24.0. The number of benzene rings is 4. The molecule has 1 atom stereocenters. The molecule has 0 amide bonds. The molecule has 0 heterocycles. The van der Waals surface area contributed by atoms with E-state index >= 15 is 0 Å². The molecule has 41 heavy (non-hydrogen) atoms. The van der Waals surface area contributed by atoms with E-state index in [1.165, 1.54) is 11.1 Å². The number of ether oxygens (including phenoxy) is 1. The molecule has 0 aliphatic carbocycles. The van der Waals surface area contributed by atoms with Gasteiger partial charge in [0.1, 0.15) is 23.0 Å². The van der Waals surface area contributed by atoms with Gasteiger partial charge in [-0.05, 0) is 113 Å². The lowest BCUT2D eigenvalue weighted by atomic mass is 9.80. The Kier molecular flexibility index (Phi) is 8.97. The van der Waals surface area contributed by atoms with Gasteiger partial charge in [-0.1, -0.05) is 90.1 Å². The normalized spacial score (nSPS) is 12.7. The summed E-state index contributed by atoms with van der Waals surface area (Å²) in [5.41, 5.74) is 8.41. The molecule has 4 rings (SSSR count). The second-order valence-electron chi connectivity index (χ2n) is 12.5. The number of aromatic hydroxyl groups is 2. The molecule has 4 aromatic carbocycles. The maximum atomic E-state index is 11.0. The first-order valence-electron chi connectivity index (χ1n) is 14.6. The lowest BCUT2D eigenvalue weighted by molar-refractivity contribution is 0.446. The summed E-state index contributed by atoms with van der Waals surface area (Å²) >= 11 is 0. The summed E-state index contributed by atoms with van der Waals surface area (Å²) in [6.45, 7) is 17.1. The average molecular weight is 549 g/mol. The summed E-state index contributed by atoms with van der Waals surface area (Å²) in [5.74, 6) is 2.67. The molecule has 0 spiro atoms. The smallest absolute Gasteiger partial charge is 0.127 e. The van der Waals surface area contributed by atoms with Crippen molar-refractivity contribution in [1.82, 2.24) is 0 Å². The first kappa shape index (κ1) is 30.0. The standard InChI is InChI=1S/C38H44O3/c1-24(2)26(4)36-34(40)23-15-29(37(36)35-25(3)12-22-33(39)27(35)5)11-9-10-28-13-18-31(19-14-28)41-32-20-16-30(17-21-32)38(6,7)8/h9,11-24,26,39-40H,10H2,1-8H3/b11-9+. The van der Waals surface area contributed by atoms with Crippen molar-refractivity contribution >= 4 is 6.08 Å². The van der Waals surface area contributed by atoms with E-state index in [0.717, 1.165) is 51.3 Å². The van der Waals surface area contributed by atoms with Gasteiger partial charge >= 0.3 is 0 Å². The number of phenols is 2. The number of hydrogen-bond acceptors (Lipinski definition) is 3. The van der Waals surface area contributed by atoms with Crippen LogP contribution in [-0.2, 0) is 11.8 Å². The predicted octanol–water partition coefficient (Wildman–Crippen LogP) is 10.5. The van der Waals surface area contributed by atoms with Crippen LogP contribution in [0.25, 0.3) is 17.2 Å². The van der Waals surface area contributed by atoms with Crippen LogP contribution in [0.15, 0.2) is 78.9 Å². The summed E-state index contributed by atoms with van der Waals surface area (Å²) in [5, 5.41) is 21.6. The van der Waals surface area contributed by atoms with Gasteiger partial charge in [0.25, 0.3) is 0 Å². The molecule has 3 heteroatoms. The number of rotatable bonds is 8. The third-order valence-electron chi connectivity index (χ3n) is 8.14. The number of allylic oxidation sites excluding steroid dienone is 1. The van der Waals surface area contributed by atoms with Crippen molar-refractivity contribution in [1.29, 1.82) is 0 Å². The van der Waals surface area contributed by atoms with Crippen molar-refractivity contribution in [2.24, 2.45) is 5.92 Å². The van der Waals surface area contributed by atoms with E-state index in [0.29, 0.717) is 11.7 Å². The number of phenolic OH excluding ortho intramolecular Hbond substituents is 2. The Hall–Kier alpha value is -3.98. The van der Waals surface area contributed by atoms with Gasteiger partial charge in [0, 0.05) is 5.56 Å². The minimum absolute atomic E-state index is 0.114. The minimum Gasteiger partial charge on any atom is -0.508 e. The fourth-order valence-electron chi connectivity index (χ4n) is 5.23. The molecule has 0 fully saturated rings. The fraction of sp³-hybridized carbons (Fsp3) is 0.316. The first-order valence-corrected chi connectivity index (χ1v) is 14.6. The van der Waals surface area contributed by atoms with Crippen LogP contribution in [0, 0.1) is 19.8 Å². The van der Waals surface area contributed by atoms with E-state index in [4.69, 9.17) is 4.74 Å². The zero-order valence-electron chi connectivity index (χ0n) is 25.7. The van der Waals surface area contributed by atoms with Crippen LogP contribution in [0.5, 0.6) is 23.0 Å². The molecule has 0 aromatic heterocycles. The van der Waals surface area contributed by atoms with Gasteiger partial charge in [0.15, 0.2) is 0 Å². The highest BCUT2D eigenvalue weighted by molar-refractivity contribution is 5.85. The monoisotopic (exact) mass is 548 g/mol. The summed E-state index contributed by atoms with van der Waals surface area (Å²) in [4.78, 5) is 0. The molecule has 0 saturated heterocycles. The lowest BCUT2D eigenvalue weighted by Gasteiger charge is -2.25. The third-order valence-corrected chi connectivity index (χ3v) is 8.14. The molecule has 3 nitrogen and oxygen atoms in total. The minimum atomic E-state index is 0.114. The largest absolute Gasteiger partial charge is 0.508 e. The van der Waals surface area contributed by atoms with Crippen molar-refractivity contribution in [2.75, 3.05) is 0 Å². The van der Waals surface area contributed by atoms with Gasteiger partial charge in [-0.15, -0.1) is 0 Å². The molecule has 214 valence electrons. The molecule has 1 unspecified atom stereocenters. The Balaban J connectivity index is 1.60. The topological polar surface area (TPSA) is 49.7 Å². The van der Waals surface area contributed by atoms with E-state index < -0.39 is 0 Å². The molecule has 4 aromatic rings. The molecule has 0 aliphatic rings. The molecule has 0 aliphatic heterocycles. The van der Waals surface area contributed by atoms with Gasteiger partial charge < -0.3 is 14.9 Å². The van der Waals surface area contributed by atoms with Crippen LogP contribution in [0.4, 0.5) is 0 Å². The number of hydrogen-bond donors (Lipinski definition) is 2. The highest BCUT2D eigenvalue weighted by atomic mass is 16.5. The second-order valence-corrected chi connectivity index (χ2v) is 12.5. The van der Waals surface area contributed by atoms with Crippen molar-refractivity contribution in [2.45, 2.75) is 73.1 Å². The zero-order valence-corrected chi connectivity index (χ0v) is 25.7. The molecule has 0 bridgehead atoms. The fourth-order valence-corrected chi connectivity index (χ4v) is 5.23. The Bertz CT molecular complexity index is 1520. The van der Waals surface area contributed by atoms with Crippen molar-refractivity contribution < 1.29 is 14.9 Å². The predicted molar refractivity (Wildman–Crippen MR) is 172 cm³/mol. The Labute approximate surface area is 246 Å². The second kappa shape index (κ2) is 12.3. The first-order chi connectivity index (χ1) is 19.4. The highest BCUT2D eigenvalue weighted by Gasteiger charge is 2.24. The third kappa shape index (κ3) is 6.85. The average Bonchev–Trinajstić information content (AvgIpc) is 2.92. The van der Waals surface area contributed by atoms with E-state index in [2.05, 4.69) is 84.9 Å². The van der Waals surface area contributed by atoms with Gasteiger partial charge in [-0.2, -0.15) is 0 Å². The number of aryl methyl sites for hydroxylation is 1. The lowest BCUT2D eigenvalue weighted by Crippen LogP contribution is -2.10. The van der Waals surface area contributed by atoms with Crippen LogP contribution in [0.1, 0.15) is 80.8 Å². The zero-order chi connectivity index (χ0) is 29.9. The van der Waals surface area contributed by atoms with Gasteiger partial charge in [0.2, 0.25) is 0 Å². The van der Waals surface area contributed by atoms with Crippen LogP contribution >= 0.6 is 0 Å². The maximum Gasteiger partial charge on any atom is 0.127 e. The molecule has 2 N–H and O–H groups in total. The van der Waals surface area contributed by atoms with Crippen molar-refractivity contribution in [3.05, 3.63) is 112 Å². The Morgan fingerprint density at radius 2 is 1.32 bits per heavy atom. The summed E-state index contributed by atoms with van der Waals surface area (Å²) in [7, 11) is 0. The van der Waals surface area contributed by atoms with E-state index in [1.54, 1.807) is 12.1 Å². The highest BCUT2D eigenvalue weighted by Crippen LogP contribution is 2.45.